The van der Waals surface area contributed by atoms with E-state index in [1.54, 1.807) is 6.07 Å². The lowest BCUT2D eigenvalue weighted by atomic mass is 10.1. The van der Waals surface area contributed by atoms with Crippen LogP contribution >= 0.6 is 0 Å². The molecule has 0 bridgehead atoms. The first-order valence-corrected chi connectivity index (χ1v) is 8.43. The van der Waals surface area contributed by atoms with Gasteiger partial charge in [-0.05, 0) is 42.5 Å². The van der Waals surface area contributed by atoms with Crippen LogP contribution in [0.2, 0.25) is 0 Å². The largest absolute Gasteiger partial charge is 0.331 e. The van der Waals surface area contributed by atoms with E-state index >= 15 is 0 Å². The quantitative estimate of drug-likeness (QED) is 0.851. The Balaban J connectivity index is 1.37. The highest BCUT2D eigenvalue weighted by molar-refractivity contribution is 5.75. The second-order valence-electron chi connectivity index (χ2n) is 6.70. The van der Waals surface area contributed by atoms with Gasteiger partial charge in [-0.1, -0.05) is 18.2 Å². The van der Waals surface area contributed by atoms with Gasteiger partial charge in [-0.15, -0.1) is 0 Å². The van der Waals surface area contributed by atoms with Crippen molar-refractivity contribution in [3.8, 4) is 0 Å². The highest BCUT2D eigenvalue weighted by Crippen LogP contribution is 2.32. The lowest BCUT2D eigenvalue weighted by Crippen LogP contribution is -2.42. The molecule has 3 aliphatic rings. The van der Waals surface area contributed by atoms with Crippen LogP contribution in [0.4, 0.5) is 9.18 Å². The second-order valence-corrected chi connectivity index (χ2v) is 6.70. The molecule has 0 radical (unpaired) electrons. The van der Waals surface area contributed by atoms with Gasteiger partial charge in [-0.2, -0.15) is 0 Å². The van der Waals surface area contributed by atoms with Gasteiger partial charge in [0.1, 0.15) is 5.82 Å². The van der Waals surface area contributed by atoms with Crippen molar-refractivity contribution in [3.63, 3.8) is 0 Å². The SMILES string of the molecule is O=C(NC1CCc2ccc(F)cc21)N1CCC(N2CC=CC2)C1. The van der Waals surface area contributed by atoms with E-state index < -0.39 is 0 Å². The van der Waals surface area contributed by atoms with Gasteiger partial charge in [-0.25, -0.2) is 9.18 Å². The van der Waals surface area contributed by atoms with Crippen molar-refractivity contribution < 1.29 is 9.18 Å². The average molecular weight is 315 g/mol. The first kappa shape index (κ1) is 14.7. The smallest absolute Gasteiger partial charge is 0.317 e. The topological polar surface area (TPSA) is 35.6 Å². The van der Waals surface area contributed by atoms with Crippen LogP contribution in [-0.4, -0.2) is 48.1 Å². The van der Waals surface area contributed by atoms with Crippen LogP contribution in [0.3, 0.4) is 0 Å². The lowest BCUT2D eigenvalue weighted by Gasteiger charge is -2.25. The van der Waals surface area contributed by atoms with Crippen molar-refractivity contribution in [2.45, 2.75) is 31.3 Å². The summed E-state index contributed by atoms with van der Waals surface area (Å²) in [6, 6.07) is 5.29. The average Bonchev–Trinajstić information content (AvgIpc) is 3.27. The fraction of sp³-hybridized carbons (Fsp3) is 0.500. The van der Waals surface area contributed by atoms with Gasteiger partial charge >= 0.3 is 6.03 Å². The predicted molar refractivity (Wildman–Crippen MR) is 86.7 cm³/mol. The van der Waals surface area contributed by atoms with E-state index in [1.165, 1.54) is 6.07 Å². The van der Waals surface area contributed by atoms with Crippen LogP contribution in [-0.2, 0) is 6.42 Å². The number of fused-ring (bicyclic) bond motifs is 1. The van der Waals surface area contributed by atoms with Crippen LogP contribution in [0.15, 0.2) is 30.4 Å². The minimum absolute atomic E-state index is 0.0123. The van der Waals surface area contributed by atoms with Crippen LogP contribution in [0, 0.1) is 5.82 Å². The number of carbonyl (C=O) groups is 1. The van der Waals surface area contributed by atoms with Crippen LogP contribution in [0.25, 0.3) is 0 Å². The molecule has 1 N–H and O–H groups in total. The van der Waals surface area contributed by atoms with E-state index in [0.717, 1.165) is 56.6 Å². The number of benzene rings is 1. The summed E-state index contributed by atoms with van der Waals surface area (Å²) in [6.45, 7) is 3.58. The summed E-state index contributed by atoms with van der Waals surface area (Å²) in [6.07, 6.45) is 7.17. The minimum atomic E-state index is -0.229. The summed E-state index contributed by atoms with van der Waals surface area (Å²) in [4.78, 5) is 16.9. The maximum atomic E-state index is 13.5. The third-order valence-corrected chi connectivity index (χ3v) is 5.30. The van der Waals surface area contributed by atoms with Gasteiger partial charge in [0, 0.05) is 32.2 Å². The van der Waals surface area contributed by atoms with Gasteiger partial charge in [0.15, 0.2) is 0 Å². The molecule has 1 aliphatic carbocycles. The van der Waals surface area contributed by atoms with Crippen molar-refractivity contribution >= 4 is 6.03 Å². The molecule has 2 unspecified atom stereocenters. The molecule has 0 aromatic heterocycles. The molecule has 1 aromatic rings. The summed E-state index contributed by atoms with van der Waals surface area (Å²) in [5.74, 6) is -0.229. The lowest BCUT2D eigenvalue weighted by molar-refractivity contribution is 0.196. The highest BCUT2D eigenvalue weighted by atomic mass is 19.1. The number of likely N-dealkylation sites (tertiary alicyclic amines) is 1. The molecule has 0 saturated carbocycles. The molecule has 23 heavy (non-hydrogen) atoms. The summed E-state index contributed by atoms with van der Waals surface area (Å²) in [5, 5.41) is 3.10. The molecule has 2 aliphatic heterocycles. The zero-order chi connectivity index (χ0) is 15.8. The van der Waals surface area contributed by atoms with Crippen LogP contribution < -0.4 is 5.32 Å². The molecule has 1 fully saturated rings. The van der Waals surface area contributed by atoms with Crippen molar-refractivity contribution in [1.29, 1.82) is 0 Å². The molecule has 5 heteroatoms. The summed E-state index contributed by atoms with van der Waals surface area (Å²) < 4.78 is 13.5. The summed E-state index contributed by atoms with van der Waals surface area (Å²) >= 11 is 0. The Morgan fingerprint density at radius 1 is 1.22 bits per heavy atom. The van der Waals surface area contributed by atoms with Gasteiger partial charge in [0.05, 0.1) is 6.04 Å². The molecule has 4 rings (SSSR count). The fourth-order valence-corrected chi connectivity index (χ4v) is 3.98. The van der Waals surface area contributed by atoms with E-state index in [2.05, 4.69) is 22.4 Å². The van der Waals surface area contributed by atoms with Crippen LogP contribution in [0.1, 0.15) is 30.0 Å². The first-order chi connectivity index (χ1) is 11.2. The molecular weight excluding hydrogens is 293 g/mol. The molecule has 1 aromatic carbocycles. The molecule has 122 valence electrons. The third kappa shape index (κ3) is 2.85. The molecule has 0 spiro atoms. The number of aryl methyl sites for hydroxylation is 1. The zero-order valence-electron chi connectivity index (χ0n) is 13.2. The molecule has 4 nitrogen and oxygen atoms in total. The summed E-state index contributed by atoms with van der Waals surface area (Å²) in [5.41, 5.74) is 2.09. The standard InChI is InChI=1S/C18H22FN3O/c19-14-5-3-13-4-6-17(16(13)11-14)20-18(23)22-10-7-15(12-22)21-8-1-2-9-21/h1-3,5,11,15,17H,4,6-10,12H2,(H,20,23). The van der Waals surface area contributed by atoms with Crippen molar-refractivity contribution in [1.82, 2.24) is 15.1 Å². The van der Waals surface area contributed by atoms with Gasteiger partial charge in [-0.3, -0.25) is 4.90 Å². The van der Waals surface area contributed by atoms with Gasteiger partial charge < -0.3 is 10.2 Å². The Morgan fingerprint density at radius 3 is 2.87 bits per heavy atom. The Labute approximate surface area is 136 Å². The number of hydrogen-bond donors (Lipinski definition) is 1. The molecule has 2 amide bonds. The van der Waals surface area contributed by atoms with Gasteiger partial charge in [0.25, 0.3) is 0 Å². The first-order valence-electron chi connectivity index (χ1n) is 8.43. The Hall–Kier alpha value is -1.88. The number of hydrogen-bond acceptors (Lipinski definition) is 2. The highest BCUT2D eigenvalue weighted by Gasteiger charge is 2.32. The van der Waals surface area contributed by atoms with E-state index in [1.807, 2.05) is 11.0 Å². The molecule has 2 heterocycles. The number of rotatable bonds is 2. The number of halogens is 1. The second kappa shape index (κ2) is 5.96. The Morgan fingerprint density at radius 2 is 2.04 bits per heavy atom. The number of nitrogens with zero attached hydrogens (tertiary/aromatic N) is 2. The van der Waals surface area contributed by atoms with Crippen LogP contribution in [0.5, 0.6) is 0 Å². The zero-order valence-corrected chi connectivity index (χ0v) is 13.2. The Kier molecular flexibility index (Phi) is 3.81. The molecular formula is C18H22FN3O. The fourth-order valence-electron chi connectivity index (χ4n) is 3.98. The number of amides is 2. The van der Waals surface area contributed by atoms with E-state index in [0.29, 0.717) is 6.04 Å². The summed E-state index contributed by atoms with van der Waals surface area (Å²) in [7, 11) is 0. The Bertz CT molecular complexity index is 637. The van der Waals surface area contributed by atoms with Crippen molar-refractivity contribution in [2.24, 2.45) is 0 Å². The number of nitrogens with one attached hydrogen (secondary N) is 1. The number of carbonyl (C=O) groups excluding carboxylic acids is 1. The third-order valence-electron chi connectivity index (χ3n) is 5.30. The molecule has 1 saturated heterocycles. The number of urea groups is 1. The normalized spacial score (nSPS) is 26.7. The van der Waals surface area contributed by atoms with Crippen molar-refractivity contribution in [3.05, 3.63) is 47.3 Å². The monoisotopic (exact) mass is 315 g/mol. The van der Waals surface area contributed by atoms with Gasteiger partial charge in [0.2, 0.25) is 0 Å². The maximum absolute atomic E-state index is 13.5. The van der Waals surface area contributed by atoms with E-state index in [9.17, 15) is 9.18 Å². The van der Waals surface area contributed by atoms with Crippen molar-refractivity contribution in [2.75, 3.05) is 26.2 Å². The minimum Gasteiger partial charge on any atom is -0.331 e. The van der Waals surface area contributed by atoms with E-state index in [4.69, 9.17) is 0 Å². The van der Waals surface area contributed by atoms with E-state index in [-0.39, 0.29) is 17.9 Å². The predicted octanol–water partition coefficient (Wildman–Crippen LogP) is 2.47. The molecule has 2 atom stereocenters. The maximum Gasteiger partial charge on any atom is 0.317 e.